The van der Waals surface area contributed by atoms with Gasteiger partial charge in [-0.25, -0.2) is 0 Å². The zero-order valence-electron chi connectivity index (χ0n) is 7.83. The molecule has 0 aliphatic rings. The van der Waals surface area contributed by atoms with Crippen molar-refractivity contribution in [3.05, 3.63) is 24.4 Å². The molecule has 0 aromatic heterocycles. The molecule has 2 nitrogen and oxygen atoms in total. The largest absolute Gasteiger partial charge is 0.394 e. The summed E-state index contributed by atoms with van der Waals surface area (Å²) in [5.41, 5.74) is 0. The summed E-state index contributed by atoms with van der Waals surface area (Å²) >= 11 is 0. The summed E-state index contributed by atoms with van der Waals surface area (Å²) in [6, 6.07) is 0. The van der Waals surface area contributed by atoms with E-state index in [1.165, 1.54) is 0 Å². The number of aliphatic hydroxyl groups excluding tert-OH is 1. The quantitative estimate of drug-likeness (QED) is 0.598. The Bertz CT molecular complexity index is 106. The van der Waals surface area contributed by atoms with Crippen LogP contribution >= 0.6 is 0 Å². The summed E-state index contributed by atoms with van der Waals surface area (Å²) in [7, 11) is 1.88. The van der Waals surface area contributed by atoms with Gasteiger partial charge in [-0.2, -0.15) is 0 Å². The molecule has 11 heavy (non-hydrogen) atoms. The second kappa shape index (κ2) is 12.0. The van der Waals surface area contributed by atoms with Crippen LogP contribution in [-0.4, -0.2) is 18.3 Å². The van der Waals surface area contributed by atoms with E-state index in [0.717, 1.165) is 0 Å². The van der Waals surface area contributed by atoms with Crippen molar-refractivity contribution >= 4 is 0 Å². The molecule has 2 N–H and O–H groups in total. The molecular weight excluding hydrogens is 138 g/mol. The predicted molar refractivity (Wildman–Crippen MR) is 50.4 cm³/mol. The van der Waals surface area contributed by atoms with Crippen molar-refractivity contribution < 1.29 is 5.11 Å². The normalized spacial score (nSPS) is 12.8. The molecule has 0 radical (unpaired) electrons. The highest BCUT2D eigenvalue weighted by molar-refractivity contribution is 4.81. The summed E-state index contributed by atoms with van der Waals surface area (Å²) in [6.07, 6.45) is 7.08. The van der Waals surface area contributed by atoms with E-state index in [2.05, 4.69) is 5.32 Å². The first-order valence-electron chi connectivity index (χ1n) is 3.78. The van der Waals surface area contributed by atoms with Crippen LogP contribution in [0.5, 0.6) is 0 Å². The van der Waals surface area contributed by atoms with Crippen LogP contribution in [0.15, 0.2) is 24.4 Å². The SMILES string of the molecule is C/C=C/C(C)O.C/C=C\NC. The average Bonchev–Trinajstić information content (AvgIpc) is 1.90. The number of hydrogen-bond acceptors (Lipinski definition) is 2. The van der Waals surface area contributed by atoms with Gasteiger partial charge in [-0.05, 0) is 27.0 Å². The van der Waals surface area contributed by atoms with Crippen LogP contribution in [0.1, 0.15) is 20.8 Å². The van der Waals surface area contributed by atoms with Gasteiger partial charge in [0.2, 0.25) is 0 Å². The Kier molecular flexibility index (Phi) is 14.0. The number of rotatable bonds is 2. The first-order chi connectivity index (χ1) is 5.18. The Labute approximate surface area is 69.6 Å². The van der Waals surface area contributed by atoms with E-state index in [9.17, 15) is 0 Å². The molecule has 0 spiro atoms. The molecule has 0 fully saturated rings. The third kappa shape index (κ3) is 26.9. The second-order valence-corrected chi connectivity index (χ2v) is 2.06. The van der Waals surface area contributed by atoms with Crippen molar-refractivity contribution in [1.82, 2.24) is 5.32 Å². The van der Waals surface area contributed by atoms with Crippen molar-refractivity contribution in [3.63, 3.8) is 0 Å². The fourth-order valence-corrected chi connectivity index (χ4v) is 0.445. The summed E-state index contributed by atoms with van der Waals surface area (Å²) in [5, 5.41) is 11.3. The van der Waals surface area contributed by atoms with E-state index in [0.29, 0.717) is 0 Å². The van der Waals surface area contributed by atoms with Gasteiger partial charge in [0, 0.05) is 7.05 Å². The average molecular weight is 157 g/mol. The Morgan fingerprint density at radius 1 is 1.27 bits per heavy atom. The summed E-state index contributed by atoms with van der Waals surface area (Å²) in [4.78, 5) is 0. The molecule has 0 aromatic carbocycles. The lowest BCUT2D eigenvalue weighted by Crippen LogP contribution is -1.89. The van der Waals surface area contributed by atoms with E-state index in [1.807, 2.05) is 39.2 Å². The standard InChI is InChI=1S/C5H10O.C4H9N/c1-3-4-5(2)6;1-3-4-5-2/h3-6H,1-2H3;3-5H,1-2H3/b4-3+;4-3-. The van der Waals surface area contributed by atoms with Gasteiger partial charge in [-0.15, -0.1) is 0 Å². The molecule has 0 saturated carbocycles. The predicted octanol–water partition coefficient (Wildman–Crippen LogP) is 1.68. The molecule has 0 rings (SSSR count). The van der Waals surface area contributed by atoms with Crippen LogP contribution in [0.25, 0.3) is 0 Å². The molecule has 0 bridgehead atoms. The van der Waals surface area contributed by atoms with E-state index < -0.39 is 0 Å². The van der Waals surface area contributed by atoms with Crippen LogP contribution in [0, 0.1) is 0 Å². The Morgan fingerprint density at radius 3 is 1.82 bits per heavy atom. The Balaban J connectivity index is 0. The molecule has 0 amide bonds. The lowest BCUT2D eigenvalue weighted by molar-refractivity contribution is 0.244. The highest BCUT2D eigenvalue weighted by Crippen LogP contribution is 1.78. The fourth-order valence-electron chi connectivity index (χ4n) is 0.445. The molecule has 0 aromatic rings. The maximum atomic E-state index is 8.47. The van der Waals surface area contributed by atoms with Gasteiger partial charge < -0.3 is 10.4 Å². The third-order valence-corrected chi connectivity index (χ3v) is 0.804. The maximum Gasteiger partial charge on any atom is 0.0692 e. The molecule has 0 aliphatic carbocycles. The van der Waals surface area contributed by atoms with Gasteiger partial charge in [0.25, 0.3) is 0 Å². The van der Waals surface area contributed by atoms with E-state index in [1.54, 1.807) is 13.0 Å². The van der Waals surface area contributed by atoms with Crippen LogP contribution < -0.4 is 5.32 Å². The van der Waals surface area contributed by atoms with Crippen LogP contribution in [-0.2, 0) is 0 Å². The Hall–Kier alpha value is -0.760. The zero-order valence-corrected chi connectivity index (χ0v) is 7.83. The first kappa shape index (κ1) is 12.9. The first-order valence-corrected chi connectivity index (χ1v) is 3.78. The molecule has 66 valence electrons. The van der Waals surface area contributed by atoms with Crippen molar-refractivity contribution in [3.8, 4) is 0 Å². The second-order valence-electron chi connectivity index (χ2n) is 2.06. The fraction of sp³-hybridized carbons (Fsp3) is 0.556. The number of nitrogens with one attached hydrogen (secondary N) is 1. The molecule has 0 aliphatic heterocycles. The maximum absolute atomic E-state index is 8.47. The van der Waals surface area contributed by atoms with Crippen molar-refractivity contribution in [2.24, 2.45) is 0 Å². The highest BCUT2D eigenvalue weighted by Gasteiger charge is 1.78. The van der Waals surface area contributed by atoms with Gasteiger partial charge in [-0.3, -0.25) is 0 Å². The topological polar surface area (TPSA) is 32.3 Å². The minimum atomic E-state index is -0.282. The lowest BCUT2D eigenvalue weighted by atomic mass is 10.4. The molecule has 1 unspecified atom stereocenters. The van der Waals surface area contributed by atoms with Crippen LogP contribution in [0.3, 0.4) is 0 Å². The molecular formula is C9H19NO. The number of allylic oxidation sites excluding steroid dienone is 2. The molecule has 2 heteroatoms. The summed E-state index contributed by atoms with van der Waals surface area (Å²) in [5.74, 6) is 0. The minimum absolute atomic E-state index is 0.282. The lowest BCUT2D eigenvalue weighted by Gasteiger charge is -1.87. The van der Waals surface area contributed by atoms with Crippen LogP contribution in [0.2, 0.25) is 0 Å². The van der Waals surface area contributed by atoms with Crippen molar-refractivity contribution in [1.29, 1.82) is 0 Å². The highest BCUT2D eigenvalue weighted by atomic mass is 16.3. The monoisotopic (exact) mass is 157 g/mol. The van der Waals surface area contributed by atoms with Gasteiger partial charge >= 0.3 is 0 Å². The molecule has 0 saturated heterocycles. The van der Waals surface area contributed by atoms with E-state index >= 15 is 0 Å². The number of hydrogen-bond donors (Lipinski definition) is 2. The van der Waals surface area contributed by atoms with Gasteiger partial charge in [0.15, 0.2) is 0 Å². The van der Waals surface area contributed by atoms with E-state index in [-0.39, 0.29) is 6.10 Å². The van der Waals surface area contributed by atoms with Gasteiger partial charge in [-0.1, -0.05) is 18.2 Å². The summed E-state index contributed by atoms with van der Waals surface area (Å²) in [6.45, 7) is 5.57. The van der Waals surface area contributed by atoms with Crippen molar-refractivity contribution in [2.45, 2.75) is 26.9 Å². The Morgan fingerprint density at radius 2 is 1.82 bits per heavy atom. The van der Waals surface area contributed by atoms with Crippen molar-refractivity contribution in [2.75, 3.05) is 7.05 Å². The third-order valence-electron chi connectivity index (χ3n) is 0.804. The van der Waals surface area contributed by atoms with Gasteiger partial charge in [0.05, 0.1) is 6.10 Å². The van der Waals surface area contributed by atoms with Crippen LogP contribution in [0.4, 0.5) is 0 Å². The smallest absolute Gasteiger partial charge is 0.0692 e. The molecule has 0 heterocycles. The molecule has 1 atom stereocenters. The summed E-state index contributed by atoms with van der Waals surface area (Å²) < 4.78 is 0. The zero-order chi connectivity index (χ0) is 9.11. The number of aliphatic hydroxyl groups is 1. The van der Waals surface area contributed by atoms with E-state index in [4.69, 9.17) is 5.11 Å². The minimum Gasteiger partial charge on any atom is -0.394 e. The van der Waals surface area contributed by atoms with Gasteiger partial charge in [0.1, 0.15) is 0 Å².